The lowest BCUT2D eigenvalue weighted by molar-refractivity contribution is -0.172. The second-order valence-electron chi connectivity index (χ2n) is 4.63. The Morgan fingerprint density at radius 3 is 2.55 bits per heavy atom. The summed E-state index contributed by atoms with van der Waals surface area (Å²) in [6.45, 7) is 0. The molecule has 0 atom stereocenters. The minimum absolute atomic E-state index is 0.0850. The Kier molecular flexibility index (Phi) is 2.78. The van der Waals surface area contributed by atoms with Gasteiger partial charge in [-0.2, -0.15) is 0 Å². The highest BCUT2D eigenvalue weighted by molar-refractivity contribution is 6.06. The molecule has 0 saturated carbocycles. The van der Waals surface area contributed by atoms with Crippen LogP contribution in [0.5, 0.6) is 0 Å². The quantitative estimate of drug-likeness (QED) is 0.775. The lowest BCUT2D eigenvalue weighted by atomic mass is 10.1. The van der Waals surface area contributed by atoms with Crippen LogP contribution in [-0.4, -0.2) is 27.4 Å². The molecule has 0 unspecified atom stereocenters. The van der Waals surface area contributed by atoms with Crippen molar-refractivity contribution in [2.24, 2.45) is 7.05 Å². The van der Waals surface area contributed by atoms with Crippen LogP contribution in [0.4, 0.5) is 0 Å². The van der Waals surface area contributed by atoms with Crippen LogP contribution in [0.3, 0.4) is 0 Å². The molecule has 1 aliphatic rings. The highest BCUT2D eigenvalue weighted by atomic mass is 16.7. The monoisotopic (exact) mass is 272 g/mol. The van der Waals surface area contributed by atoms with E-state index in [9.17, 15) is 14.4 Å². The summed E-state index contributed by atoms with van der Waals surface area (Å²) in [5, 5.41) is 1.28. The number of nitrogens with zero attached hydrogens (tertiary/aromatic N) is 2. The molecule has 102 valence electrons. The normalized spacial score (nSPS) is 15.2. The average molecular weight is 272 g/mol. The first-order chi connectivity index (χ1) is 9.58. The number of benzene rings is 1. The summed E-state index contributed by atoms with van der Waals surface area (Å²) in [5.74, 6) is -1.67. The number of carbonyl (C=O) groups is 3. The third-order valence-corrected chi connectivity index (χ3v) is 3.33. The van der Waals surface area contributed by atoms with Crippen molar-refractivity contribution in [1.82, 2.24) is 9.63 Å². The van der Waals surface area contributed by atoms with E-state index in [0.29, 0.717) is 10.6 Å². The van der Waals surface area contributed by atoms with Gasteiger partial charge in [-0.15, -0.1) is 5.06 Å². The first-order valence-electron chi connectivity index (χ1n) is 6.20. The number of amides is 2. The smallest absolute Gasteiger partial charge is 0.351 e. The summed E-state index contributed by atoms with van der Waals surface area (Å²) in [6.07, 6.45) is 2.00. The summed E-state index contributed by atoms with van der Waals surface area (Å²) >= 11 is 0. The number of imide groups is 1. The topological polar surface area (TPSA) is 68.6 Å². The molecule has 6 nitrogen and oxygen atoms in total. The summed E-state index contributed by atoms with van der Waals surface area (Å²) in [4.78, 5) is 39.9. The van der Waals surface area contributed by atoms with Gasteiger partial charge in [-0.05, 0) is 18.2 Å². The molecule has 0 spiro atoms. The molecule has 1 aromatic carbocycles. The number of carbonyl (C=O) groups excluding carboxylic acids is 3. The number of aromatic nitrogens is 1. The van der Waals surface area contributed by atoms with Crippen LogP contribution in [0.25, 0.3) is 10.9 Å². The molecule has 3 rings (SSSR count). The van der Waals surface area contributed by atoms with E-state index in [1.807, 2.05) is 23.9 Å². The molecule has 0 radical (unpaired) electrons. The van der Waals surface area contributed by atoms with Crippen molar-refractivity contribution in [3.63, 3.8) is 0 Å². The summed E-state index contributed by atoms with van der Waals surface area (Å²) in [5.41, 5.74) is 1.20. The van der Waals surface area contributed by atoms with Crippen molar-refractivity contribution in [3.05, 3.63) is 36.0 Å². The highest BCUT2D eigenvalue weighted by Gasteiger charge is 2.33. The number of hydrogen-bond acceptors (Lipinski definition) is 4. The maximum absolute atomic E-state index is 12.1. The van der Waals surface area contributed by atoms with Gasteiger partial charge in [0.25, 0.3) is 11.8 Å². The number of hydroxylamine groups is 2. The second kappa shape index (κ2) is 4.48. The molecule has 1 fully saturated rings. The molecule has 1 aromatic heterocycles. The van der Waals surface area contributed by atoms with Crippen LogP contribution < -0.4 is 0 Å². The van der Waals surface area contributed by atoms with Gasteiger partial charge in [-0.3, -0.25) is 9.59 Å². The van der Waals surface area contributed by atoms with Gasteiger partial charge in [-0.1, -0.05) is 6.07 Å². The molecular weight excluding hydrogens is 260 g/mol. The van der Waals surface area contributed by atoms with E-state index in [0.717, 1.165) is 10.9 Å². The molecule has 1 saturated heterocycles. The molecule has 2 aromatic rings. The molecular formula is C14H12N2O4. The number of aryl methyl sites for hydroxylation is 1. The van der Waals surface area contributed by atoms with Crippen LogP contribution in [0.15, 0.2) is 30.5 Å². The average Bonchev–Trinajstić information content (AvgIpc) is 2.96. The lowest BCUT2D eigenvalue weighted by Gasteiger charge is -2.13. The summed E-state index contributed by atoms with van der Waals surface area (Å²) in [7, 11) is 1.87. The highest BCUT2D eigenvalue weighted by Crippen LogP contribution is 2.21. The van der Waals surface area contributed by atoms with Crippen molar-refractivity contribution in [1.29, 1.82) is 0 Å². The van der Waals surface area contributed by atoms with Gasteiger partial charge >= 0.3 is 5.97 Å². The van der Waals surface area contributed by atoms with Gasteiger partial charge in [0.2, 0.25) is 0 Å². The Morgan fingerprint density at radius 2 is 1.85 bits per heavy atom. The third-order valence-electron chi connectivity index (χ3n) is 3.33. The van der Waals surface area contributed by atoms with E-state index in [4.69, 9.17) is 4.84 Å². The predicted octanol–water partition coefficient (Wildman–Crippen LogP) is 1.40. The predicted molar refractivity (Wildman–Crippen MR) is 69.4 cm³/mol. The van der Waals surface area contributed by atoms with Gasteiger partial charge in [0, 0.05) is 37.0 Å². The molecule has 6 heteroatoms. The molecule has 2 heterocycles. The van der Waals surface area contributed by atoms with Gasteiger partial charge in [0.05, 0.1) is 5.56 Å². The maximum atomic E-state index is 12.1. The van der Waals surface area contributed by atoms with Crippen molar-refractivity contribution in [2.75, 3.05) is 0 Å². The zero-order chi connectivity index (χ0) is 14.3. The Bertz CT molecular complexity index is 716. The van der Waals surface area contributed by atoms with Crippen molar-refractivity contribution in [3.8, 4) is 0 Å². The first-order valence-corrected chi connectivity index (χ1v) is 6.20. The molecule has 20 heavy (non-hydrogen) atoms. The zero-order valence-corrected chi connectivity index (χ0v) is 10.8. The number of fused-ring (bicyclic) bond motifs is 1. The van der Waals surface area contributed by atoms with Crippen LogP contribution in [0.1, 0.15) is 23.2 Å². The maximum Gasteiger partial charge on any atom is 0.364 e. The van der Waals surface area contributed by atoms with E-state index in [-0.39, 0.29) is 12.8 Å². The minimum atomic E-state index is -0.703. The summed E-state index contributed by atoms with van der Waals surface area (Å²) in [6, 6.07) is 7.00. The number of rotatable bonds is 2. The molecule has 0 aliphatic carbocycles. The molecule has 0 bridgehead atoms. The van der Waals surface area contributed by atoms with Crippen molar-refractivity contribution >= 4 is 28.7 Å². The second-order valence-corrected chi connectivity index (χ2v) is 4.63. The van der Waals surface area contributed by atoms with E-state index in [1.54, 1.807) is 18.2 Å². The molecule has 0 N–H and O–H groups in total. The first kappa shape index (κ1) is 12.4. The van der Waals surface area contributed by atoms with Crippen molar-refractivity contribution < 1.29 is 19.2 Å². The Labute approximate surface area is 114 Å². The molecule has 1 aliphatic heterocycles. The Balaban J connectivity index is 1.93. The minimum Gasteiger partial charge on any atom is -0.351 e. The van der Waals surface area contributed by atoms with Crippen LogP contribution in [-0.2, 0) is 21.5 Å². The lowest BCUT2D eigenvalue weighted by Crippen LogP contribution is -2.32. The van der Waals surface area contributed by atoms with E-state index in [2.05, 4.69) is 0 Å². The van der Waals surface area contributed by atoms with E-state index < -0.39 is 17.8 Å². The summed E-state index contributed by atoms with van der Waals surface area (Å²) < 4.78 is 1.87. The van der Waals surface area contributed by atoms with Crippen LogP contribution in [0, 0.1) is 0 Å². The van der Waals surface area contributed by atoms with E-state index in [1.165, 1.54) is 0 Å². The third kappa shape index (κ3) is 1.85. The van der Waals surface area contributed by atoms with Gasteiger partial charge < -0.3 is 9.40 Å². The van der Waals surface area contributed by atoms with Gasteiger partial charge in [0.1, 0.15) is 0 Å². The van der Waals surface area contributed by atoms with Crippen LogP contribution in [0.2, 0.25) is 0 Å². The fourth-order valence-electron chi connectivity index (χ4n) is 2.27. The number of hydrogen-bond donors (Lipinski definition) is 0. The zero-order valence-electron chi connectivity index (χ0n) is 10.8. The SMILES string of the molecule is Cn1ccc2c(C(=O)ON3C(=O)CCC3=O)cccc21. The van der Waals surface area contributed by atoms with Gasteiger partial charge in [-0.25, -0.2) is 4.79 Å². The Hall–Kier alpha value is -2.63. The fourth-order valence-corrected chi connectivity index (χ4v) is 2.27. The molecule has 2 amide bonds. The fraction of sp³-hybridized carbons (Fsp3) is 0.214. The van der Waals surface area contributed by atoms with Crippen LogP contribution >= 0.6 is 0 Å². The Morgan fingerprint density at radius 1 is 1.15 bits per heavy atom. The van der Waals surface area contributed by atoms with E-state index >= 15 is 0 Å². The standard InChI is InChI=1S/C14H12N2O4/c1-15-8-7-9-10(3-2-4-11(9)15)14(19)20-16-12(17)5-6-13(16)18/h2-4,7-8H,5-6H2,1H3. The van der Waals surface area contributed by atoms with Crippen molar-refractivity contribution in [2.45, 2.75) is 12.8 Å². The van der Waals surface area contributed by atoms with Gasteiger partial charge in [0.15, 0.2) is 0 Å². The largest absolute Gasteiger partial charge is 0.364 e.